The Balaban J connectivity index is 1.32. The number of para-hydroxylation sites is 1. The molecule has 7 nitrogen and oxygen atoms in total. The quantitative estimate of drug-likeness (QED) is 0.685. The van der Waals surface area contributed by atoms with Gasteiger partial charge in [0.2, 0.25) is 11.8 Å². The molecule has 1 aliphatic heterocycles. The molecule has 1 aliphatic rings. The third kappa shape index (κ3) is 4.90. The zero-order valence-corrected chi connectivity index (χ0v) is 15.7. The summed E-state index contributed by atoms with van der Waals surface area (Å²) in [5.41, 5.74) is 0.979. The summed E-state index contributed by atoms with van der Waals surface area (Å²) in [6, 6.07) is 20.7. The molecule has 3 aromatic rings. The average Bonchev–Trinajstić information content (AvgIpc) is 3.19. The van der Waals surface area contributed by atoms with E-state index >= 15 is 0 Å². The molecule has 1 N–H and O–H groups in total. The molecule has 7 heteroatoms. The lowest BCUT2D eigenvalue weighted by Crippen LogP contribution is -2.09. The second-order valence-electron chi connectivity index (χ2n) is 6.43. The van der Waals surface area contributed by atoms with Crippen LogP contribution in [0.4, 0.5) is 5.82 Å². The number of hydrogen-bond acceptors (Lipinski definition) is 6. The molecule has 0 unspecified atom stereocenters. The summed E-state index contributed by atoms with van der Waals surface area (Å²) in [7, 11) is 0. The highest BCUT2D eigenvalue weighted by molar-refractivity contribution is 5.87. The van der Waals surface area contributed by atoms with E-state index in [1.165, 1.54) is 13.1 Å². The van der Waals surface area contributed by atoms with Crippen molar-refractivity contribution >= 4 is 17.6 Å². The summed E-state index contributed by atoms with van der Waals surface area (Å²) in [6.45, 7) is 1.43. The fourth-order valence-electron chi connectivity index (χ4n) is 2.80. The number of hydrogen-bond donors (Lipinski definition) is 1. The number of carbonyl (C=O) groups is 1. The molecule has 0 saturated heterocycles. The van der Waals surface area contributed by atoms with Crippen LogP contribution < -0.4 is 14.8 Å². The third-order valence-corrected chi connectivity index (χ3v) is 4.15. The Morgan fingerprint density at radius 1 is 0.966 bits per heavy atom. The lowest BCUT2D eigenvalue weighted by molar-refractivity contribution is -0.114. The van der Waals surface area contributed by atoms with Crippen LogP contribution in [0.25, 0.3) is 0 Å². The van der Waals surface area contributed by atoms with Crippen molar-refractivity contribution in [1.29, 1.82) is 0 Å². The maximum absolute atomic E-state index is 11.0. The largest absolute Gasteiger partial charge is 0.457 e. The molecule has 2 heterocycles. The molecule has 0 radical (unpaired) electrons. The molecular formula is C22H19N3O4. The van der Waals surface area contributed by atoms with Crippen molar-refractivity contribution in [2.24, 2.45) is 5.16 Å². The molecule has 2 aromatic carbocycles. The molecule has 0 aliphatic carbocycles. The zero-order chi connectivity index (χ0) is 20.1. The Hall–Kier alpha value is -3.87. The summed E-state index contributed by atoms with van der Waals surface area (Å²) in [6.07, 6.45) is 1.81. The Morgan fingerprint density at radius 3 is 2.38 bits per heavy atom. The van der Waals surface area contributed by atoms with Crippen molar-refractivity contribution in [2.45, 2.75) is 19.4 Å². The first kappa shape index (κ1) is 18.5. The Bertz CT molecular complexity index is 1000. The van der Waals surface area contributed by atoms with E-state index in [4.69, 9.17) is 14.3 Å². The molecule has 0 saturated carbocycles. The summed E-state index contributed by atoms with van der Waals surface area (Å²) >= 11 is 0. The SMILES string of the molecule is CC(=O)Nc1ccc(OC2=NO[C@@H](c3ccc(Oc4ccccc4)cc3)C2)cn1. The number of anilines is 1. The van der Waals surface area contributed by atoms with Gasteiger partial charge in [-0.05, 0) is 42.0 Å². The molecule has 0 spiro atoms. The van der Waals surface area contributed by atoms with Gasteiger partial charge in [0.05, 0.1) is 12.6 Å². The first-order valence-electron chi connectivity index (χ1n) is 9.13. The van der Waals surface area contributed by atoms with Gasteiger partial charge in [-0.25, -0.2) is 4.98 Å². The zero-order valence-electron chi connectivity index (χ0n) is 15.7. The van der Waals surface area contributed by atoms with E-state index in [1.54, 1.807) is 12.1 Å². The van der Waals surface area contributed by atoms with E-state index in [1.807, 2.05) is 54.6 Å². The lowest BCUT2D eigenvalue weighted by Gasteiger charge is -2.10. The minimum absolute atomic E-state index is 0.178. The Morgan fingerprint density at radius 2 is 1.69 bits per heavy atom. The molecule has 146 valence electrons. The van der Waals surface area contributed by atoms with E-state index in [-0.39, 0.29) is 12.0 Å². The summed E-state index contributed by atoms with van der Waals surface area (Å²) < 4.78 is 11.5. The van der Waals surface area contributed by atoms with Crippen molar-refractivity contribution in [3.63, 3.8) is 0 Å². The van der Waals surface area contributed by atoms with Gasteiger partial charge in [-0.15, -0.1) is 0 Å². The van der Waals surface area contributed by atoms with E-state index in [0.29, 0.717) is 23.9 Å². The lowest BCUT2D eigenvalue weighted by atomic mass is 10.1. The van der Waals surface area contributed by atoms with Gasteiger partial charge in [0.1, 0.15) is 23.1 Å². The van der Waals surface area contributed by atoms with Gasteiger partial charge in [-0.1, -0.05) is 35.5 Å². The fourth-order valence-corrected chi connectivity index (χ4v) is 2.80. The van der Waals surface area contributed by atoms with Crippen molar-refractivity contribution in [2.75, 3.05) is 5.32 Å². The normalized spacial score (nSPS) is 15.2. The van der Waals surface area contributed by atoms with E-state index < -0.39 is 0 Å². The van der Waals surface area contributed by atoms with Crippen molar-refractivity contribution in [3.05, 3.63) is 78.5 Å². The second-order valence-corrected chi connectivity index (χ2v) is 6.43. The molecular weight excluding hydrogens is 370 g/mol. The number of ether oxygens (including phenoxy) is 2. The topological polar surface area (TPSA) is 82.0 Å². The third-order valence-electron chi connectivity index (χ3n) is 4.15. The number of nitrogens with zero attached hydrogens (tertiary/aromatic N) is 2. The minimum Gasteiger partial charge on any atom is -0.457 e. The minimum atomic E-state index is -0.220. The summed E-state index contributed by atoms with van der Waals surface area (Å²) in [5, 5.41) is 6.62. The first-order valence-corrected chi connectivity index (χ1v) is 9.13. The van der Waals surface area contributed by atoms with Gasteiger partial charge in [0.25, 0.3) is 0 Å². The number of benzene rings is 2. The number of carbonyl (C=O) groups excluding carboxylic acids is 1. The van der Waals surface area contributed by atoms with Gasteiger partial charge in [-0.3, -0.25) is 4.79 Å². The van der Waals surface area contributed by atoms with E-state index in [0.717, 1.165) is 17.1 Å². The fraction of sp³-hybridized carbons (Fsp3) is 0.136. The highest BCUT2D eigenvalue weighted by Crippen LogP contribution is 2.30. The molecule has 1 aromatic heterocycles. The number of rotatable bonds is 5. The number of pyridine rings is 1. The van der Waals surface area contributed by atoms with Crippen LogP contribution in [-0.2, 0) is 9.63 Å². The van der Waals surface area contributed by atoms with Gasteiger partial charge in [-0.2, -0.15) is 0 Å². The smallest absolute Gasteiger partial charge is 0.235 e. The highest BCUT2D eigenvalue weighted by atomic mass is 16.7. The summed E-state index contributed by atoms with van der Waals surface area (Å²) in [4.78, 5) is 20.7. The predicted octanol–water partition coefficient (Wildman–Crippen LogP) is 4.69. The van der Waals surface area contributed by atoms with Crippen LogP contribution in [0.1, 0.15) is 25.0 Å². The maximum atomic E-state index is 11.0. The first-order chi connectivity index (χ1) is 14.2. The van der Waals surface area contributed by atoms with Crippen LogP contribution >= 0.6 is 0 Å². The van der Waals surface area contributed by atoms with Crippen LogP contribution in [0.2, 0.25) is 0 Å². The van der Waals surface area contributed by atoms with Crippen LogP contribution in [0.15, 0.2) is 78.1 Å². The molecule has 29 heavy (non-hydrogen) atoms. The number of oxime groups is 1. The van der Waals surface area contributed by atoms with Crippen LogP contribution in [0.5, 0.6) is 17.2 Å². The molecule has 1 amide bonds. The molecule has 4 rings (SSSR count). The maximum Gasteiger partial charge on any atom is 0.235 e. The van der Waals surface area contributed by atoms with Gasteiger partial charge in [0.15, 0.2) is 6.10 Å². The Kier molecular flexibility index (Phi) is 5.38. The van der Waals surface area contributed by atoms with E-state index in [2.05, 4.69) is 15.5 Å². The Labute approximate surface area is 167 Å². The molecule has 1 atom stereocenters. The number of aromatic nitrogens is 1. The number of amides is 1. The van der Waals surface area contributed by atoms with Crippen molar-refractivity contribution < 1.29 is 19.1 Å². The van der Waals surface area contributed by atoms with Gasteiger partial charge in [0, 0.05) is 6.92 Å². The van der Waals surface area contributed by atoms with Crippen LogP contribution in [-0.4, -0.2) is 16.8 Å². The van der Waals surface area contributed by atoms with Gasteiger partial charge >= 0.3 is 0 Å². The van der Waals surface area contributed by atoms with Crippen LogP contribution in [0, 0.1) is 0 Å². The standard InChI is InChI=1S/C22H19N3O4/c1-15(26)24-21-12-11-19(14-23-21)28-22-13-20(29-25-22)16-7-9-18(10-8-16)27-17-5-3-2-4-6-17/h2-12,14,20H,13H2,1H3,(H,23,24,26)/t20-/m1/s1. The highest BCUT2D eigenvalue weighted by Gasteiger charge is 2.24. The number of nitrogens with one attached hydrogen (secondary N) is 1. The second kappa shape index (κ2) is 8.43. The average molecular weight is 389 g/mol. The monoisotopic (exact) mass is 389 g/mol. The van der Waals surface area contributed by atoms with Crippen molar-refractivity contribution in [1.82, 2.24) is 4.98 Å². The van der Waals surface area contributed by atoms with Crippen LogP contribution in [0.3, 0.4) is 0 Å². The van der Waals surface area contributed by atoms with E-state index in [9.17, 15) is 4.79 Å². The molecule has 0 bridgehead atoms. The predicted molar refractivity (Wildman–Crippen MR) is 108 cm³/mol. The summed E-state index contributed by atoms with van der Waals surface area (Å²) in [5.74, 6) is 2.81. The van der Waals surface area contributed by atoms with Gasteiger partial charge < -0.3 is 19.6 Å². The van der Waals surface area contributed by atoms with Crippen molar-refractivity contribution in [3.8, 4) is 17.2 Å². The molecule has 0 fully saturated rings.